The van der Waals surface area contributed by atoms with E-state index in [1.807, 2.05) is 24.3 Å². The lowest BCUT2D eigenvalue weighted by Gasteiger charge is -2.14. The highest BCUT2D eigenvalue weighted by Gasteiger charge is 2.33. The van der Waals surface area contributed by atoms with E-state index in [4.69, 9.17) is 0 Å². The second kappa shape index (κ2) is 6.91. The van der Waals surface area contributed by atoms with Gasteiger partial charge in [0.1, 0.15) is 5.82 Å². The first-order valence-electron chi connectivity index (χ1n) is 7.68. The number of para-hydroxylation sites is 3. The molecule has 0 saturated carbocycles. The van der Waals surface area contributed by atoms with Gasteiger partial charge < -0.3 is 15.6 Å². The van der Waals surface area contributed by atoms with E-state index in [1.165, 1.54) is 18.2 Å². The van der Waals surface area contributed by atoms with E-state index in [1.54, 1.807) is 0 Å². The van der Waals surface area contributed by atoms with Crippen molar-refractivity contribution in [3.05, 3.63) is 66.5 Å². The number of carbonyl (C=O) groups excluding carboxylic acids is 1. The van der Waals surface area contributed by atoms with Crippen molar-refractivity contribution in [2.45, 2.75) is 6.18 Å². The van der Waals surface area contributed by atoms with Crippen LogP contribution in [0.4, 0.5) is 23.7 Å². The Morgan fingerprint density at radius 2 is 1.81 bits per heavy atom. The summed E-state index contributed by atoms with van der Waals surface area (Å²) >= 11 is 0. The zero-order valence-electron chi connectivity index (χ0n) is 13.5. The number of benzene rings is 2. The van der Waals surface area contributed by atoms with Gasteiger partial charge in [0.15, 0.2) is 0 Å². The normalized spacial score (nSPS) is 11.3. The van der Waals surface area contributed by atoms with Gasteiger partial charge in [-0.05, 0) is 24.3 Å². The number of aromatic amines is 1. The molecule has 0 aliphatic rings. The van der Waals surface area contributed by atoms with Gasteiger partial charge in [0.25, 0.3) is 0 Å². The molecule has 3 rings (SSSR count). The molecule has 26 heavy (non-hydrogen) atoms. The standard InChI is InChI=1S/C18H15F3N4O/c1-11(16-23-14-8-4-5-9-15(14)24-16)10-22-17(26)25-13-7-3-2-6-12(13)18(19,20)21/h2-9H,1,10H2,(H,23,24)(H2,22,25,26). The van der Waals surface area contributed by atoms with Crippen molar-refractivity contribution in [1.82, 2.24) is 15.3 Å². The molecule has 8 heteroatoms. The van der Waals surface area contributed by atoms with Crippen LogP contribution in [-0.4, -0.2) is 22.5 Å². The third-order valence-corrected chi connectivity index (χ3v) is 3.67. The molecule has 3 N–H and O–H groups in total. The van der Waals surface area contributed by atoms with Crippen molar-refractivity contribution >= 4 is 28.3 Å². The molecule has 2 aromatic carbocycles. The van der Waals surface area contributed by atoms with E-state index < -0.39 is 17.8 Å². The van der Waals surface area contributed by atoms with Gasteiger partial charge in [0, 0.05) is 12.1 Å². The largest absolute Gasteiger partial charge is 0.418 e. The number of nitrogens with zero attached hydrogens (tertiary/aromatic N) is 1. The molecule has 0 saturated heterocycles. The molecule has 0 spiro atoms. The van der Waals surface area contributed by atoms with E-state index in [2.05, 4.69) is 27.2 Å². The molecule has 1 heterocycles. The maximum absolute atomic E-state index is 12.9. The number of hydrogen-bond acceptors (Lipinski definition) is 2. The summed E-state index contributed by atoms with van der Waals surface area (Å²) in [6.07, 6.45) is -4.55. The molecule has 0 aliphatic carbocycles. The van der Waals surface area contributed by atoms with E-state index in [0.29, 0.717) is 11.4 Å². The van der Waals surface area contributed by atoms with Crippen LogP contribution in [0.2, 0.25) is 0 Å². The third kappa shape index (κ3) is 3.85. The van der Waals surface area contributed by atoms with Crippen molar-refractivity contribution in [1.29, 1.82) is 0 Å². The summed E-state index contributed by atoms with van der Waals surface area (Å²) in [5, 5.41) is 4.68. The molecule has 1 aromatic heterocycles. The average molecular weight is 360 g/mol. The lowest BCUT2D eigenvalue weighted by Crippen LogP contribution is -2.31. The van der Waals surface area contributed by atoms with Crippen LogP contribution in [0.25, 0.3) is 16.6 Å². The summed E-state index contributed by atoms with van der Waals surface area (Å²) in [7, 11) is 0. The van der Waals surface area contributed by atoms with Gasteiger partial charge in [-0.3, -0.25) is 0 Å². The van der Waals surface area contributed by atoms with Gasteiger partial charge in [0.2, 0.25) is 0 Å². The Bertz CT molecular complexity index is 929. The quantitative estimate of drug-likeness (QED) is 0.645. The Labute approximate surface area is 146 Å². The Morgan fingerprint density at radius 1 is 1.12 bits per heavy atom. The Kier molecular flexibility index (Phi) is 4.66. The Hall–Kier alpha value is -3.29. The maximum Gasteiger partial charge on any atom is 0.418 e. The third-order valence-electron chi connectivity index (χ3n) is 3.67. The number of H-pyrrole nitrogens is 1. The molecule has 0 unspecified atom stereocenters. The summed E-state index contributed by atoms with van der Waals surface area (Å²) in [5.74, 6) is 0.502. The number of carbonyl (C=O) groups is 1. The number of anilines is 1. The van der Waals surface area contributed by atoms with Crippen molar-refractivity contribution < 1.29 is 18.0 Å². The van der Waals surface area contributed by atoms with Crippen LogP contribution < -0.4 is 10.6 Å². The average Bonchev–Trinajstić information content (AvgIpc) is 3.03. The number of amides is 2. The molecule has 0 atom stereocenters. The highest BCUT2D eigenvalue weighted by atomic mass is 19.4. The van der Waals surface area contributed by atoms with Gasteiger partial charge in [-0.1, -0.05) is 30.8 Å². The fraction of sp³-hybridized carbons (Fsp3) is 0.111. The summed E-state index contributed by atoms with van der Waals surface area (Å²) in [6, 6.07) is 11.4. The van der Waals surface area contributed by atoms with Gasteiger partial charge in [-0.15, -0.1) is 0 Å². The molecular weight excluding hydrogens is 345 g/mol. The molecule has 134 valence electrons. The number of halogens is 3. The highest BCUT2D eigenvalue weighted by molar-refractivity contribution is 5.91. The fourth-order valence-corrected chi connectivity index (χ4v) is 2.40. The minimum Gasteiger partial charge on any atom is -0.338 e. The summed E-state index contributed by atoms with van der Waals surface area (Å²) in [5.41, 5.74) is 0.859. The van der Waals surface area contributed by atoms with Crippen LogP contribution in [-0.2, 0) is 6.18 Å². The minimum atomic E-state index is -4.55. The second-order valence-electron chi connectivity index (χ2n) is 5.56. The Balaban J connectivity index is 1.63. The summed E-state index contributed by atoms with van der Waals surface area (Å²) in [6.45, 7) is 3.87. The first kappa shape index (κ1) is 17.5. The second-order valence-corrected chi connectivity index (χ2v) is 5.56. The van der Waals surface area contributed by atoms with Crippen LogP contribution >= 0.6 is 0 Å². The van der Waals surface area contributed by atoms with Crippen LogP contribution in [0.1, 0.15) is 11.4 Å². The topological polar surface area (TPSA) is 69.8 Å². The van der Waals surface area contributed by atoms with Crippen LogP contribution in [0.3, 0.4) is 0 Å². The monoisotopic (exact) mass is 360 g/mol. The minimum absolute atomic E-state index is 0.0276. The molecule has 0 aliphatic heterocycles. The number of fused-ring (bicyclic) bond motifs is 1. The molecule has 0 radical (unpaired) electrons. The lowest BCUT2D eigenvalue weighted by molar-refractivity contribution is -0.136. The van der Waals surface area contributed by atoms with E-state index in [9.17, 15) is 18.0 Å². The zero-order chi connectivity index (χ0) is 18.7. The molecule has 5 nitrogen and oxygen atoms in total. The molecule has 2 amide bonds. The van der Waals surface area contributed by atoms with Crippen LogP contribution in [0.15, 0.2) is 55.1 Å². The van der Waals surface area contributed by atoms with Crippen molar-refractivity contribution in [2.75, 3.05) is 11.9 Å². The number of rotatable bonds is 4. The number of alkyl halides is 3. The van der Waals surface area contributed by atoms with E-state index >= 15 is 0 Å². The molecule has 3 aromatic rings. The van der Waals surface area contributed by atoms with Crippen LogP contribution in [0, 0.1) is 0 Å². The van der Waals surface area contributed by atoms with Gasteiger partial charge >= 0.3 is 12.2 Å². The summed E-state index contributed by atoms with van der Waals surface area (Å²) < 4.78 is 38.8. The highest BCUT2D eigenvalue weighted by Crippen LogP contribution is 2.34. The first-order valence-corrected chi connectivity index (χ1v) is 7.68. The van der Waals surface area contributed by atoms with Crippen molar-refractivity contribution in [3.8, 4) is 0 Å². The SMILES string of the molecule is C=C(CNC(=O)Nc1ccccc1C(F)(F)F)c1nc2ccccc2[nH]1. The van der Waals surface area contributed by atoms with Crippen LogP contribution in [0.5, 0.6) is 0 Å². The number of nitrogens with one attached hydrogen (secondary N) is 3. The number of urea groups is 1. The lowest BCUT2D eigenvalue weighted by atomic mass is 10.1. The van der Waals surface area contributed by atoms with Crippen molar-refractivity contribution in [2.24, 2.45) is 0 Å². The van der Waals surface area contributed by atoms with Crippen molar-refractivity contribution in [3.63, 3.8) is 0 Å². The molecule has 0 bridgehead atoms. The fourth-order valence-electron chi connectivity index (χ4n) is 2.40. The summed E-state index contributed by atoms with van der Waals surface area (Å²) in [4.78, 5) is 19.4. The number of aromatic nitrogens is 2. The number of imidazole rings is 1. The molecule has 0 fully saturated rings. The smallest absolute Gasteiger partial charge is 0.338 e. The van der Waals surface area contributed by atoms with Gasteiger partial charge in [-0.25, -0.2) is 9.78 Å². The Morgan fingerprint density at radius 3 is 2.54 bits per heavy atom. The number of hydrogen-bond donors (Lipinski definition) is 3. The van der Waals surface area contributed by atoms with E-state index in [-0.39, 0.29) is 12.2 Å². The van der Waals surface area contributed by atoms with E-state index in [0.717, 1.165) is 17.1 Å². The van der Waals surface area contributed by atoms with Gasteiger partial charge in [0.05, 0.1) is 22.3 Å². The first-order chi connectivity index (χ1) is 12.3. The molecular formula is C18H15F3N4O. The predicted molar refractivity (Wildman–Crippen MR) is 93.6 cm³/mol. The predicted octanol–water partition coefficient (Wildman–Crippen LogP) is 4.42. The maximum atomic E-state index is 12.9. The van der Waals surface area contributed by atoms with Gasteiger partial charge in [-0.2, -0.15) is 13.2 Å². The zero-order valence-corrected chi connectivity index (χ0v) is 13.5.